The van der Waals surface area contributed by atoms with Crippen LogP contribution >= 0.6 is 23.1 Å². The summed E-state index contributed by atoms with van der Waals surface area (Å²) in [5.74, 6) is 3.59. The van der Waals surface area contributed by atoms with Gasteiger partial charge in [-0.05, 0) is 61.3 Å². The Labute approximate surface area is 123 Å². The highest BCUT2D eigenvalue weighted by Crippen LogP contribution is 2.30. The number of thioether (sulfide) groups is 1. The standard InChI is InChI=1S/C16H21NS2/c1-12(17-11-13-6-8-18-9-7-13)16-10-14-4-2-3-5-15(14)19-16/h2-5,10,12-13,17H,6-9,11H2,1H3. The molecule has 0 amide bonds. The molecule has 0 saturated carbocycles. The van der Waals surface area contributed by atoms with Gasteiger partial charge >= 0.3 is 0 Å². The van der Waals surface area contributed by atoms with Crippen molar-refractivity contribution in [3.63, 3.8) is 0 Å². The summed E-state index contributed by atoms with van der Waals surface area (Å²) in [4.78, 5) is 1.46. The van der Waals surface area contributed by atoms with E-state index in [4.69, 9.17) is 0 Å². The molecule has 2 heterocycles. The molecule has 0 aliphatic carbocycles. The van der Waals surface area contributed by atoms with Gasteiger partial charge in [0.2, 0.25) is 0 Å². The summed E-state index contributed by atoms with van der Waals surface area (Å²) in [6.45, 7) is 3.47. The van der Waals surface area contributed by atoms with Crippen LogP contribution in [0.1, 0.15) is 30.7 Å². The molecule has 19 heavy (non-hydrogen) atoms. The van der Waals surface area contributed by atoms with Crippen molar-refractivity contribution in [1.82, 2.24) is 5.32 Å². The predicted octanol–water partition coefficient (Wildman–Crippen LogP) is 4.70. The Balaban J connectivity index is 1.61. The largest absolute Gasteiger partial charge is 0.309 e. The molecule has 102 valence electrons. The van der Waals surface area contributed by atoms with Crippen LogP contribution in [0.3, 0.4) is 0 Å². The van der Waals surface area contributed by atoms with Crippen molar-refractivity contribution < 1.29 is 0 Å². The number of thiophene rings is 1. The summed E-state index contributed by atoms with van der Waals surface area (Å²) in [6.07, 6.45) is 2.77. The first-order valence-electron chi connectivity index (χ1n) is 7.12. The lowest BCUT2D eigenvalue weighted by molar-refractivity contribution is 0.423. The molecule has 1 unspecified atom stereocenters. The lowest BCUT2D eigenvalue weighted by Gasteiger charge is -2.23. The molecule has 1 saturated heterocycles. The number of hydrogen-bond acceptors (Lipinski definition) is 3. The molecule has 1 nitrogen and oxygen atoms in total. The molecule has 1 aliphatic heterocycles. The topological polar surface area (TPSA) is 12.0 Å². The van der Waals surface area contributed by atoms with Crippen molar-refractivity contribution in [3.8, 4) is 0 Å². The van der Waals surface area contributed by atoms with Gasteiger partial charge in [0, 0.05) is 15.6 Å². The van der Waals surface area contributed by atoms with E-state index in [0.717, 1.165) is 5.92 Å². The first-order chi connectivity index (χ1) is 9.33. The van der Waals surface area contributed by atoms with Crippen LogP contribution in [0.2, 0.25) is 0 Å². The molecule has 0 spiro atoms. The number of nitrogens with one attached hydrogen (secondary N) is 1. The van der Waals surface area contributed by atoms with E-state index in [1.54, 1.807) is 0 Å². The van der Waals surface area contributed by atoms with Crippen LogP contribution < -0.4 is 5.32 Å². The number of fused-ring (bicyclic) bond motifs is 1. The minimum Gasteiger partial charge on any atom is -0.309 e. The fourth-order valence-electron chi connectivity index (χ4n) is 2.61. The maximum Gasteiger partial charge on any atom is 0.0386 e. The second kappa shape index (κ2) is 6.29. The van der Waals surface area contributed by atoms with Gasteiger partial charge in [-0.2, -0.15) is 11.8 Å². The Morgan fingerprint density at radius 2 is 2.05 bits per heavy atom. The van der Waals surface area contributed by atoms with Gasteiger partial charge in [0.1, 0.15) is 0 Å². The zero-order valence-electron chi connectivity index (χ0n) is 11.4. The van der Waals surface area contributed by atoms with Crippen LogP contribution in [0.4, 0.5) is 0 Å². The van der Waals surface area contributed by atoms with E-state index in [-0.39, 0.29) is 0 Å². The van der Waals surface area contributed by atoms with Crippen LogP contribution in [0.25, 0.3) is 10.1 Å². The van der Waals surface area contributed by atoms with Crippen LogP contribution in [-0.2, 0) is 0 Å². The summed E-state index contributed by atoms with van der Waals surface area (Å²) in [7, 11) is 0. The van der Waals surface area contributed by atoms with Gasteiger partial charge in [-0.15, -0.1) is 11.3 Å². The molecule has 1 atom stereocenters. The number of rotatable bonds is 4. The zero-order chi connectivity index (χ0) is 13.1. The molecule has 2 aromatic rings. The third-order valence-corrected chi connectivity index (χ3v) is 6.27. The highest BCUT2D eigenvalue weighted by molar-refractivity contribution is 7.99. The zero-order valence-corrected chi connectivity index (χ0v) is 13.0. The van der Waals surface area contributed by atoms with Crippen molar-refractivity contribution in [1.29, 1.82) is 0 Å². The molecule has 1 fully saturated rings. The second-order valence-corrected chi connectivity index (χ2v) is 7.71. The Morgan fingerprint density at radius 3 is 2.84 bits per heavy atom. The average Bonchev–Trinajstić information content (AvgIpc) is 2.90. The first kappa shape index (κ1) is 13.5. The van der Waals surface area contributed by atoms with Crippen molar-refractivity contribution >= 4 is 33.2 Å². The SMILES string of the molecule is CC(NCC1CCSCC1)c1cc2ccccc2s1. The van der Waals surface area contributed by atoms with E-state index >= 15 is 0 Å². The quantitative estimate of drug-likeness (QED) is 0.876. The van der Waals surface area contributed by atoms with Gasteiger partial charge in [0.25, 0.3) is 0 Å². The molecule has 1 N–H and O–H groups in total. The lowest BCUT2D eigenvalue weighted by atomic mass is 10.0. The minimum atomic E-state index is 0.479. The van der Waals surface area contributed by atoms with Crippen LogP contribution in [0.15, 0.2) is 30.3 Å². The molecule has 0 radical (unpaired) electrons. The van der Waals surface area contributed by atoms with Gasteiger partial charge in [-0.1, -0.05) is 18.2 Å². The van der Waals surface area contributed by atoms with E-state index in [1.165, 1.54) is 45.9 Å². The Morgan fingerprint density at radius 1 is 1.26 bits per heavy atom. The monoisotopic (exact) mass is 291 g/mol. The molecule has 3 heteroatoms. The number of hydrogen-bond donors (Lipinski definition) is 1. The van der Waals surface area contributed by atoms with Gasteiger partial charge < -0.3 is 5.32 Å². The van der Waals surface area contributed by atoms with Crippen LogP contribution in [0.5, 0.6) is 0 Å². The highest BCUT2D eigenvalue weighted by Gasteiger charge is 2.15. The van der Waals surface area contributed by atoms with Gasteiger partial charge in [-0.25, -0.2) is 0 Å². The fraction of sp³-hybridized carbons (Fsp3) is 0.500. The fourth-order valence-corrected chi connectivity index (χ4v) is 4.91. The van der Waals surface area contributed by atoms with Gasteiger partial charge in [0.15, 0.2) is 0 Å². The molecule has 0 bridgehead atoms. The second-order valence-electron chi connectivity index (χ2n) is 5.37. The molecule has 1 aliphatic rings. The molecular weight excluding hydrogens is 270 g/mol. The van der Waals surface area contributed by atoms with E-state index < -0.39 is 0 Å². The van der Waals surface area contributed by atoms with Crippen molar-refractivity contribution in [2.24, 2.45) is 5.92 Å². The molecular formula is C16H21NS2. The smallest absolute Gasteiger partial charge is 0.0386 e. The number of benzene rings is 1. The highest BCUT2D eigenvalue weighted by atomic mass is 32.2. The maximum absolute atomic E-state index is 3.73. The lowest BCUT2D eigenvalue weighted by Crippen LogP contribution is -2.27. The maximum atomic E-state index is 3.73. The normalized spacial score (nSPS) is 18.8. The van der Waals surface area contributed by atoms with Crippen LogP contribution in [0, 0.1) is 5.92 Å². The van der Waals surface area contributed by atoms with E-state index in [0.29, 0.717) is 6.04 Å². The van der Waals surface area contributed by atoms with Crippen molar-refractivity contribution in [2.75, 3.05) is 18.1 Å². The summed E-state index contributed by atoms with van der Waals surface area (Å²) in [6, 6.07) is 11.5. The molecule has 3 rings (SSSR count). The van der Waals surface area contributed by atoms with E-state index in [9.17, 15) is 0 Å². The first-order valence-corrected chi connectivity index (χ1v) is 9.09. The Kier molecular flexibility index (Phi) is 4.46. The third kappa shape index (κ3) is 3.33. The third-order valence-electron chi connectivity index (χ3n) is 3.92. The summed E-state index contributed by atoms with van der Waals surface area (Å²) < 4.78 is 1.40. The summed E-state index contributed by atoms with van der Waals surface area (Å²) in [5, 5.41) is 5.11. The molecule has 1 aromatic heterocycles. The predicted molar refractivity (Wildman–Crippen MR) is 88.3 cm³/mol. The van der Waals surface area contributed by atoms with Gasteiger partial charge in [-0.3, -0.25) is 0 Å². The van der Waals surface area contributed by atoms with Crippen molar-refractivity contribution in [2.45, 2.75) is 25.8 Å². The van der Waals surface area contributed by atoms with E-state index in [2.05, 4.69) is 54.3 Å². The van der Waals surface area contributed by atoms with Crippen molar-refractivity contribution in [3.05, 3.63) is 35.2 Å². The van der Waals surface area contributed by atoms with Gasteiger partial charge in [0.05, 0.1) is 0 Å². The average molecular weight is 291 g/mol. The van der Waals surface area contributed by atoms with E-state index in [1.807, 2.05) is 11.3 Å². The summed E-state index contributed by atoms with van der Waals surface area (Å²) in [5.41, 5.74) is 0. The van der Waals surface area contributed by atoms with Crippen LogP contribution in [-0.4, -0.2) is 18.1 Å². The Hall–Kier alpha value is -0.510. The summed E-state index contributed by atoms with van der Waals surface area (Å²) >= 11 is 4.03. The molecule has 1 aromatic carbocycles. The Bertz CT molecular complexity index is 495. The minimum absolute atomic E-state index is 0.479.